The minimum atomic E-state index is -3.90. The average molecular weight is 256 g/mol. The van der Waals surface area contributed by atoms with Crippen molar-refractivity contribution in [3.63, 3.8) is 0 Å². The van der Waals surface area contributed by atoms with Crippen molar-refractivity contribution in [1.82, 2.24) is 0 Å². The van der Waals surface area contributed by atoms with Crippen LogP contribution in [0.4, 0.5) is 14.5 Å². The van der Waals surface area contributed by atoms with Crippen molar-refractivity contribution in [2.24, 2.45) is 0 Å². The van der Waals surface area contributed by atoms with Gasteiger partial charge in [-0.1, -0.05) is 6.07 Å². The Morgan fingerprint density at radius 2 is 2.00 bits per heavy atom. The van der Waals surface area contributed by atoms with Crippen LogP contribution in [0.2, 0.25) is 0 Å². The van der Waals surface area contributed by atoms with Crippen molar-refractivity contribution in [3.05, 3.63) is 29.3 Å². The van der Waals surface area contributed by atoms with E-state index in [0.29, 0.717) is 0 Å². The third kappa shape index (κ3) is 2.79. The minimum Gasteiger partial charge on any atom is -0.277 e. The molecule has 84 valence electrons. The molecule has 15 heavy (non-hydrogen) atoms. The number of alkyl halides is 1. The topological polar surface area (TPSA) is 46.2 Å². The molecule has 0 saturated carbocycles. The highest BCUT2D eigenvalue weighted by molar-refractivity contribution is 7.93. The van der Waals surface area contributed by atoms with Gasteiger partial charge < -0.3 is 0 Å². The quantitative estimate of drug-likeness (QED) is 0.842. The van der Waals surface area contributed by atoms with Gasteiger partial charge in [-0.25, -0.2) is 17.2 Å². The lowest BCUT2D eigenvalue weighted by Gasteiger charge is -2.08. The van der Waals surface area contributed by atoms with Gasteiger partial charge in [0.05, 0.1) is 0 Å². The SMILES string of the molecule is Cc1ccc(F)c(NS(=O)(=O)CCl)c1F. The molecule has 0 fully saturated rings. The molecule has 0 heterocycles. The van der Waals surface area contributed by atoms with Crippen LogP contribution in [0.1, 0.15) is 5.56 Å². The van der Waals surface area contributed by atoms with E-state index < -0.39 is 32.6 Å². The second kappa shape index (κ2) is 4.32. The van der Waals surface area contributed by atoms with E-state index in [2.05, 4.69) is 0 Å². The largest absolute Gasteiger partial charge is 0.277 e. The van der Waals surface area contributed by atoms with Crippen LogP contribution in [0.15, 0.2) is 12.1 Å². The number of sulfonamides is 1. The number of hydrogen-bond donors (Lipinski definition) is 1. The Balaban J connectivity index is 3.21. The molecular formula is C8H8ClF2NO2S. The zero-order valence-electron chi connectivity index (χ0n) is 7.72. The second-order valence-corrected chi connectivity index (χ2v) is 5.19. The van der Waals surface area contributed by atoms with E-state index in [9.17, 15) is 17.2 Å². The Bertz CT molecular complexity index is 476. The maximum Gasteiger partial charge on any atom is 0.246 e. The van der Waals surface area contributed by atoms with E-state index >= 15 is 0 Å². The Labute approximate surface area is 91.1 Å². The maximum atomic E-state index is 13.3. The fourth-order valence-corrected chi connectivity index (χ4v) is 1.65. The first kappa shape index (κ1) is 12.2. The monoisotopic (exact) mass is 255 g/mol. The van der Waals surface area contributed by atoms with Gasteiger partial charge in [0.25, 0.3) is 0 Å². The number of benzene rings is 1. The summed E-state index contributed by atoms with van der Waals surface area (Å²) in [5.41, 5.74) is -0.556. The van der Waals surface area contributed by atoms with Crippen molar-refractivity contribution < 1.29 is 17.2 Å². The first-order valence-electron chi connectivity index (χ1n) is 3.88. The van der Waals surface area contributed by atoms with E-state index in [1.165, 1.54) is 13.0 Å². The maximum absolute atomic E-state index is 13.3. The van der Waals surface area contributed by atoms with Gasteiger partial charge in [0.15, 0.2) is 5.82 Å². The molecule has 0 radical (unpaired) electrons. The van der Waals surface area contributed by atoms with Crippen LogP contribution in [0, 0.1) is 18.6 Å². The van der Waals surface area contributed by atoms with E-state index in [0.717, 1.165) is 6.07 Å². The van der Waals surface area contributed by atoms with Gasteiger partial charge in [0.1, 0.15) is 16.7 Å². The van der Waals surface area contributed by atoms with Crippen LogP contribution in [0.3, 0.4) is 0 Å². The summed E-state index contributed by atoms with van der Waals surface area (Å²) in [6, 6.07) is 2.19. The predicted octanol–water partition coefficient (Wildman–Crippen LogP) is 2.21. The molecule has 0 aliphatic heterocycles. The van der Waals surface area contributed by atoms with Gasteiger partial charge in [-0.05, 0) is 18.6 Å². The highest BCUT2D eigenvalue weighted by atomic mass is 35.5. The molecule has 0 saturated heterocycles. The summed E-state index contributed by atoms with van der Waals surface area (Å²) in [5, 5.41) is -0.764. The van der Waals surface area contributed by atoms with Crippen LogP contribution in [-0.4, -0.2) is 13.6 Å². The van der Waals surface area contributed by atoms with Gasteiger partial charge in [-0.2, -0.15) is 0 Å². The lowest BCUT2D eigenvalue weighted by Crippen LogP contribution is -2.16. The Morgan fingerprint density at radius 1 is 1.40 bits per heavy atom. The van der Waals surface area contributed by atoms with Gasteiger partial charge in [0, 0.05) is 0 Å². The van der Waals surface area contributed by atoms with Crippen LogP contribution < -0.4 is 4.72 Å². The van der Waals surface area contributed by atoms with Crippen LogP contribution >= 0.6 is 11.6 Å². The molecule has 7 heteroatoms. The second-order valence-electron chi connectivity index (χ2n) is 2.88. The molecule has 0 amide bonds. The molecule has 0 unspecified atom stereocenters. The van der Waals surface area contributed by atoms with Crippen molar-refractivity contribution in [3.8, 4) is 0 Å². The Hall–Kier alpha value is -0.880. The summed E-state index contributed by atoms with van der Waals surface area (Å²) < 4.78 is 50.2. The molecule has 0 spiro atoms. The van der Waals surface area contributed by atoms with Gasteiger partial charge >= 0.3 is 0 Å². The zero-order valence-corrected chi connectivity index (χ0v) is 9.29. The first-order valence-corrected chi connectivity index (χ1v) is 6.07. The van der Waals surface area contributed by atoms with Crippen molar-refractivity contribution in [1.29, 1.82) is 0 Å². The van der Waals surface area contributed by atoms with E-state index in [-0.39, 0.29) is 5.56 Å². The molecule has 0 aliphatic rings. The van der Waals surface area contributed by atoms with E-state index in [4.69, 9.17) is 11.6 Å². The molecule has 1 rings (SSSR count). The Morgan fingerprint density at radius 3 is 2.53 bits per heavy atom. The summed E-state index contributed by atoms with van der Waals surface area (Å²) in [6.07, 6.45) is 0. The van der Waals surface area contributed by atoms with Gasteiger partial charge in [-0.15, -0.1) is 11.6 Å². The van der Waals surface area contributed by atoms with Crippen molar-refractivity contribution >= 4 is 27.3 Å². The third-order valence-electron chi connectivity index (χ3n) is 1.69. The number of halogens is 3. The lowest BCUT2D eigenvalue weighted by atomic mass is 10.2. The van der Waals surface area contributed by atoms with E-state index in [1.807, 2.05) is 0 Å². The highest BCUT2D eigenvalue weighted by Gasteiger charge is 2.17. The molecular weight excluding hydrogens is 248 g/mol. The Kier molecular flexibility index (Phi) is 3.51. The standard InChI is InChI=1S/C8H8ClF2NO2S/c1-5-2-3-6(10)8(7(5)11)12-15(13,14)4-9/h2-3,12H,4H2,1H3. The lowest BCUT2D eigenvalue weighted by molar-refractivity contribution is 0.580. The minimum absolute atomic E-state index is 0.142. The molecule has 0 bridgehead atoms. The summed E-state index contributed by atoms with van der Waals surface area (Å²) in [5.74, 6) is -1.92. The number of aryl methyl sites for hydroxylation is 1. The molecule has 0 atom stereocenters. The summed E-state index contributed by atoms with van der Waals surface area (Å²) in [7, 11) is -3.90. The molecule has 0 aliphatic carbocycles. The average Bonchev–Trinajstić information content (AvgIpc) is 2.19. The molecule has 0 aromatic heterocycles. The first-order chi connectivity index (χ1) is 6.87. The third-order valence-corrected chi connectivity index (χ3v) is 3.35. The van der Waals surface area contributed by atoms with Crippen molar-refractivity contribution in [2.75, 3.05) is 9.93 Å². The number of anilines is 1. The summed E-state index contributed by atoms with van der Waals surface area (Å²) in [6.45, 7) is 1.40. The summed E-state index contributed by atoms with van der Waals surface area (Å²) in [4.78, 5) is 0. The van der Waals surface area contributed by atoms with Gasteiger partial charge in [0.2, 0.25) is 10.0 Å². The zero-order chi connectivity index (χ0) is 11.6. The number of hydrogen-bond acceptors (Lipinski definition) is 2. The molecule has 3 nitrogen and oxygen atoms in total. The molecule has 1 aromatic rings. The van der Waals surface area contributed by atoms with E-state index in [1.54, 1.807) is 4.72 Å². The number of rotatable bonds is 3. The summed E-state index contributed by atoms with van der Waals surface area (Å²) >= 11 is 5.09. The van der Waals surface area contributed by atoms with Crippen LogP contribution in [0.5, 0.6) is 0 Å². The smallest absolute Gasteiger partial charge is 0.246 e. The van der Waals surface area contributed by atoms with Crippen LogP contribution in [-0.2, 0) is 10.0 Å². The number of nitrogens with one attached hydrogen (secondary N) is 1. The highest BCUT2D eigenvalue weighted by Crippen LogP contribution is 2.22. The predicted molar refractivity (Wildman–Crippen MR) is 54.4 cm³/mol. The van der Waals surface area contributed by atoms with Crippen molar-refractivity contribution in [2.45, 2.75) is 6.92 Å². The van der Waals surface area contributed by atoms with Gasteiger partial charge in [-0.3, -0.25) is 4.72 Å². The van der Waals surface area contributed by atoms with Crippen LogP contribution in [0.25, 0.3) is 0 Å². The molecule has 1 N–H and O–H groups in total. The molecule has 1 aromatic carbocycles. The fourth-order valence-electron chi connectivity index (χ4n) is 0.933. The normalized spacial score (nSPS) is 11.5. The fraction of sp³-hybridized carbons (Fsp3) is 0.250.